The van der Waals surface area contributed by atoms with E-state index in [0.29, 0.717) is 5.69 Å². The van der Waals surface area contributed by atoms with Crippen molar-refractivity contribution in [1.29, 1.82) is 0 Å². The van der Waals surface area contributed by atoms with Gasteiger partial charge in [0.15, 0.2) is 0 Å². The summed E-state index contributed by atoms with van der Waals surface area (Å²) in [5.41, 5.74) is 0.940. The molecule has 1 heterocycles. The molecule has 1 N–H and O–H groups in total. The summed E-state index contributed by atoms with van der Waals surface area (Å²) in [5, 5.41) is 3.05. The number of pyridine rings is 1. The van der Waals surface area contributed by atoms with Gasteiger partial charge in [0.1, 0.15) is 0 Å². The van der Waals surface area contributed by atoms with Gasteiger partial charge in [0.25, 0.3) is 0 Å². The van der Waals surface area contributed by atoms with Gasteiger partial charge in [0, 0.05) is 12.2 Å². The van der Waals surface area contributed by atoms with Crippen LogP contribution in [0, 0.1) is 0 Å². The second-order valence-electron chi connectivity index (χ2n) is 4.31. The standard InChI is InChI=1S/C13H17F3N2/c1-9(2)4-6-11(17-3)12-7-5-10(8-18-12)13(14,15)16/h5,7-8,11,17H,1,4,6H2,2-3H3. The SMILES string of the molecule is C=C(C)CCC(NC)c1ccc(C(F)(F)F)cn1. The molecule has 0 aliphatic carbocycles. The van der Waals surface area contributed by atoms with Gasteiger partial charge in [0.2, 0.25) is 0 Å². The lowest BCUT2D eigenvalue weighted by Gasteiger charge is -2.16. The number of nitrogens with one attached hydrogen (secondary N) is 1. The summed E-state index contributed by atoms with van der Waals surface area (Å²) < 4.78 is 37.2. The molecule has 0 fully saturated rings. The fourth-order valence-corrected chi connectivity index (χ4v) is 1.61. The van der Waals surface area contributed by atoms with Crippen molar-refractivity contribution in [3.63, 3.8) is 0 Å². The average Bonchev–Trinajstić information content (AvgIpc) is 2.29. The topological polar surface area (TPSA) is 24.9 Å². The van der Waals surface area contributed by atoms with Gasteiger partial charge in [-0.1, -0.05) is 5.57 Å². The maximum Gasteiger partial charge on any atom is 0.417 e. The minimum atomic E-state index is -4.33. The summed E-state index contributed by atoms with van der Waals surface area (Å²) in [6.45, 7) is 5.73. The Hall–Kier alpha value is -1.36. The van der Waals surface area contributed by atoms with Gasteiger partial charge in [-0.25, -0.2) is 0 Å². The van der Waals surface area contributed by atoms with E-state index in [1.807, 2.05) is 6.92 Å². The second kappa shape index (κ2) is 6.00. The normalized spacial score (nSPS) is 13.4. The van der Waals surface area contributed by atoms with Crippen molar-refractivity contribution < 1.29 is 13.2 Å². The van der Waals surface area contributed by atoms with Crippen molar-refractivity contribution >= 4 is 0 Å². The first-order valence-electron chi connectivity index (χ1n) is 5.69. The van der Waals surface area contributed by atoms with Crippen LogP contribution in [0.5, 0.6) is 0 Å². The Bertz CT molecular complexity index is 396. The lowest BCUT2D eigenvalue weighted by molar-refractivity contribution is -0.137. The van der Waals surface area contributed by atoms with Crippen molar-refractivity contribution in [3.05, 3.63) is 41.7 Å². The lowest BCUT2D eigenvalue weighted by Crippen LogP contribution is -2.18. The summed E-state index contributed by atoms with van der Waals surface area (Å²) >= 11 is 0. The Morgan fingerprint density at radius 3 is 2.50 bits per heavy atom. The molecule has 1 aromatic heterocycles. The molecule has 0 bridgehead atoms. The van der Waals surface area contributed by atoms with Crippen LogP contribution in [0.1, 0.15) is 37.1 Å². The molecule has 2 nitrogen and oxygen atoms in total. The zero-order valence-corrected chi connectivity index (χ0v) is 10.5. The summed E-state index contributed by atoms with van der Waals surface area (Å²) in [7, 11) is 1.77. The van der Waals surface area contributed by atoms with E-state index in [2.05, 4.69) is 16.9 Å². The molecule has 0 aliphatic rings. The summed E-state index contributed by atoms with van der Waals surface area (Å²) in [5.74, 6) is 0. The molecule has 0 aromatic carbocycles. The first-order chi connectivity index (χ1) is 8.34. The average molecular weight is 258 g/mol. The smallest absolute Gasteiger partial charge is 0.312 e. The number of hydrogen-bond acceptors (Lipinski definition) is 2. The maximum absolute atomic E-state index is 12.4. The highest BCUT2D eigenvalue weighted by Gasteiger charge is 2.30. The van der Waals surface area contributed by atoms with E-state index in [0.717, 1.165) is 30.7 Å². The van der Waals surface area contributed by atoms with E-state index >= 15 is 0 Å². The van der Waals surface area contributed by atoms with Crippen LogP contribution in [0.25, 0.3) is 0 Å². The van der Waals surface area contributed by atoms with Crippen molar-refractivity contribution in [2.75, 3.05) is 7.05 Å². The van der Waals surface area contributed by atoms with Crippen LogP contribution in [-0.4, -0.2) is 12.0 Å². The first-order valence-corrected chi connectivity index (χ1v) is 5.69. The second-order valence-corrected chi connectivity index (χ2v) is 4.31. The molecule has 0 saturated heterocycles. The molecule has 1 atom stereocenters. The highest BCUT2D eigenvalue weighted by Crippen LogP contribution is 2.29. The molecular formula is C13H17F3N2. The largest absolute Gasteiger partial charge is 0.417 e. The van der Waals surface area contributed by atoms with Crippen LogP contribution in [0.3, 0.4) is 0 Å². The molecule has 18 heavy (non-hydrogen) atoms. The van der Waals surface area contributed by atoms with Gasteiger partial charge in [0.05, 0.1) is 11.3 Å². The zero-order valence-electron chi connectivity index (χ0n) is 10.5. The fourth-order valence-electron chi connectivity index (χ4n) is 1.61. The molecule has 100 valence electrons. The molecule has 0 spiro atoms. The molecule has 0 radical (unpaired) electrons. The number of alkyl halides is 3. The third-order valence-electron chi connectivity index (χ3n) is 2.68. The molecule has 1 aromatic rings. The minimum absolute atomic E-state index is 0.0519. The van der Waals surface area contributed by atoms with Gasteiger partial charge >= 0.3 is 6.18 Å². The quantitative estimate of drug-likeness (QED) is 0.814. The number of rotatable bonds is 5. The van der Waals surface area contributed by atoms with Crippen LogP contribution in [0.15, 0.2) is 30.5 Å². The van der Waals surface area contributed by atoms with E-state index in [1.54, 1.807) is 7.05 Å². The van der Waals surface area contributed by atoms with E-state index in [1.165, 1.54) is 6.07 Å². The van der Waals surface area contributed by atoms with Gasteiger partial charge in [-0.05, 0) is 38.9 Å². The van der Waals surface area contributed by atoms with Gasteiger partial charge in [-0.15, -0.1) is 6.58 Å². The van der Waals surface area contributed by atoms with Gasteiger partial charge in [-0.2, -0.15) is 13.2 Å². The highest BCUT2D eigenvalue weighted by molar-refractivity contribution is 5.19. The maximum atomic E-state index is 12.4. The number of hydrogen-bond donors (Lipinski definition) is 1. The molecule has 0 saturated carbocycles. The Morgan fingerprint density at radius 2 is 2.11 bits per heavy atom. The van der Waals surface area contributed by atoms with Crippen molar-refractivity contribution in [2.45, 2.75) is 32.0 Å². The zero-order chi connectivity index (χ0) is 13.8. The molecule has 1 rings (SSSR count). The van der Waals surface area contributed by atoms with Crippen LogP contribution in [0.4, 0.5) is 13.2 Å². The van der Waals surface area contributed by atoms with Gasteiger partial charge < -0.3 is 5.32 Å². The van der Waals surface area contributed by atoms with Crippen molar-refractivity contribution in [3.8, 4) is 0 Å². The van der Waals surface area contributed by atoms with E-state index in [-0.39, 0.29) is 6.04 Å². The van der Waals surface area contributed by atoms with Gasteiger partial charge in [-0.3, -0.25) is 4.98 Å². The van der Waals surface area contributed by atoms with E-state index in [4.69, 9.17) is 0 Å². The number of allylic oxidation sites excluding steroid dienone is 1. The molecule has 0 aliphatic heterocycles. The van der Waals surface area contributed by atoms with E-state index in [9.17, 15) is 13.2 Å². The Morgan fingerprint density at radius 1 is 1.44 bits per heavy atom. The summed E-state index contributed by atoms with van der Waals surface area (Å²) in [6.07, 6.45) is -1.88. The Balaban J connectivity index is 2.79. The van der Waals surface area contributed by atoms with E-state index < -0.39 is 11.7 Å². The van der Waals surface area contributed by atoms with Crippen LogP contribution in [0.2, 0.25) is 0 Å². The van der Waals surface area contributed by atoms with Crippen molar-refractivity contribution in [1.82, 2.24) is 10.3 Å². The monoisotopic (exact) mass is 258 g/mol. The molecular weight excluding hydrogens is 241 g/mol. The van der Waals surface area contributed by atoms with Crippen LogP contribution in [-0.2, 0) is 6.18 Å². The Labute approximate surface area is 105 Å². The summed E-state index contributed by atoms with van der Waals surface area (Å²) in [6, 6.07) is 2.43. The predicted octanol–water partition coefficient (Wildman–Crippen LogP) is 3.72. The third-order valence-corrected chi connectivity index (χ3v) is 2.68. The first kappa shape index (κ1) is 14.7. The number of halogens is 3. The third kappa shape index (κ3) is 4.14. The van der Waals surface area contributed by atoms with Crippen LogP contribution >= 0.6 is 0 Å². The summed E-state index contributed by atoms with van der Waals surface area (Å²) in [4.78, 5) is 3.88. The molecule has 0 amide bonds. The Kier molecular flexibility index (Phi) is 4.90. The van der Waals surface area contributed by atoms with Crippen LogP contribution < -0.4 is 5.32 Å². The molecule has 1 unspecified atom stereocenters. The predicted molar refractivity (Wildman–Crippen MR) is 65.1 cm³/mol. The van der Waals surface area contributed by atoms with Crippen molar-refractivity contribution in [2.24, 2.45) is 0 Å². The molecule has 5 heteroatoms. The highest BCUT2D eigenvalue weighted by atomic mass is 19.4. The number of nitrogens with zero attached hydrogens (tertiary/aromatic N) is 1. The lowest BCUT2D eigenvalue weighted by atomic mass is 10.0. The number of aromatic nitrogens is 1. The minimum Gasteiger partial charge on any atom is -0.312 e. The fraction of sp³-hybridized carbons (Fsp3) is 0.462.